The van der Waals surface area contributed by atoms with Crippen LogP contribution in [0.3, 0.4) is 0 Å². The molecule has 230 valence electrons. The van der Waals surface area contributed by atoms with Crippen LogP contribution in [0, 0.1) is 0 Å². The van der Waals surface area contributed by atoms with Crippen molar-refractivity contribution in [2.45, 2.75) is 0 Å². The van der Waals surface area contributed by atoms with Gasteiger partial charge in [0, 0.05) is 33.2 Å². The van der Waals surface area contributed by atoms with Crippen molar-refractivity contribution < 1.29 is 0 Å². The number of benzene rings is 7. The van der Waals surface area contributed by atoms with Crippen molar-refractivity contribution >= 4 is 21.8 Å². The fraction of sp³-hybridized carbons (Fsp3) is 0. The smallest absolute Gasteiger partial charge is 0.164 e. The summed E-state index contributed by atoms with van der Waals surface area (Å²) in [5, 5.41) is 2.48. The molecule has 0 radical (unpaired) electrons. The number of hydrogen-bond acceptors (Lipinski definition) is 3. The van der Waals surface area contributed by atoms with Crippen LogP contribution in [0.25, 0.3) is 83.9 Å². The van der Waals surface area contributed by atoms with Crippen LogP contribution in [0.2, 0.25) is 0 Å². The Bertz CT molecular complexity index is 2520. The summed E-state index contributed by atoms with van der Waals surface area (Å²) in [6.07, 6.45) is 0. The van der Waals surface area contributed by atoms with E-state index in [1.54, 1.807) is 0 Å². The number of hydrogen-bond donors (Lipinski definition) is 0. The topological polar surface area (TPSA) is 43.6 Å². The third-order valence-corrected chi connectivity index (χ3v) is 9.08. The SMILES string of the molecule is c1ccc(-c2ccc(-c3nc(-c4ccccc4)nc(-c4ccc(-n5c6ccccc6c6ccccc65)cc4)n3)c(-c3ccccc3)c2)cc1. The van der Waals surface area contributed by atoms with Crippen molar-refractivity contribution in [1.82, 2.24) is 19.5 Å². The molecule has 49 heavy (non-hydrogen) atoms. The van der Waals surface area contributed by atoms with E-state index in [0.29, 0.717) is 17.5 Å². The first-order valence-electron chi connectivity index (χ1n) is 16.5. The van der Waals surface area contributed by atoms with Crippen molar-refractivity contribution in [3.8, 4) is 62.1 Å². The van der Waals surface area contributed by atoms with Crippen molar-refractivity contribution in [3.05, 3.63) is 182 Å². The van der Waals surface area contributed by atoms with Gasteiger partial charge < -0.3 is 4.57 Å². The highest BCUT2D eigenvalue weighted by molar-refractivity contribution is 6.09. The standard InChI is InChI=1S/C45H30N4/c1-4-14-31(15-5-1)35-26-29-39(40(30-35)32-16-6-2-7-17-32)45-47-43(33-18-8-3-9-19-33)46-44(48-45)34-24-27-36(28-25-34)49-41-22-12-10-20-37(41)38-21-11-13-23-42(38)49/h1-30H. The van der Waals surface area contributed by atoms with Gasteiger partial charge in [-0.2, -0.15) is 0 Å². The Kier molecular flexibility index (Phi) is 7.10. The summed E-state index contributed by atoms with van der Waals surface area (Å²) in [4.78, 5) is 15.3. The molecule has 0 bridgehead atoms. The van der Waals surface area contributed by atoms with E-state index in [0.717, 1.165) is 44.6 Å². The third kappa shape index (κ3) is 5.26. The highest BCUT2D eigenvalue weighted by Crippen LogP contribution is 2.37. The first-order valence-corrected chi connectivity index (χ1v) is 16.5. The lowest BCUT2D eigenvalue weighted by Crippen LogP contribution is -2.01. The molecule has 4 nitrogen and oxygen atoms in total. The Morgan fingerprint density at radius 1 is 0.306 bits per heavy atom. The number of aromatic nitrogens is 4. The quantitative estimate of drug-likeness (QED) is 0.184. The molecule has 2 heterocycles. The van der Waals surface area contributed by atoms with E-state index in [4.69, 9.17) is 15.0 Å². The molecule has 0 atom stereocenters. The van der Waals surface area contributed by atoms with Crippen molar-refractivity contribution in [2.75, 3.05) is 0 Å². The molecule has 0 N–H and O–H groups in total. The average molecular weight is 627 g/mol. The second kappa shape index (κ2) is 12.2. The monoisotopic (exact) mass is 626 g/mol. The molecule has 0 aliphatic rings. The summed E-state index contributed by atoms with van der Waals surface area (Å²) in [5.41, 5.74) is 10.7. The van der Waals surface area contributed by atoms with E-state index in [1.807, 2.05) is 42.5 Å². The van der Waals surface area contributed by atoms with Crippen molar-refractivity contribution in [3.63, 3.8) is 0 Å². The molecular formula is C45H30N4. The average Bonchev–Trinajstić information content (AvgIpc) is 3.53. The molecule has 2 aromatic heterocycles. The minimum atomic E-state index is 0.628. The molecule has 0 aliphatic carbocycles. The summed E-state index contributed by atoms with van der Waals surface area (Å²) in [7, 11) is 0. The van der Waals surface area contributed by atoms with Gasteiger partial charge in [-0.05, 0) is 70.8 Å². The van der Waals surface area contributed by atoms with Gasteiger partial charge in [0.05, 0.1) is 11.0 Å². The fourth-order valence-corrected chi connectivity index (χ4v) is 6.71. The van der Waals surface area contributed by atoms with E-state index >= 15 is 0 Å². The van der Waals surface area contributed by atoms with Crippen molar-refractivity contribution in [2.24, 2.45) is 0 Å². The van der Waals surface area contributed by atoms with Crippen LogP contribution >= 0.6 is 0 Å². The maximum Gasteiger partial charge on any atom is 0.164 e. The molecule has 9 aromatic rings. The van der Waals surface area contributed by atoms with Crippen LogP contribution in [0.15, 0.2) is 182 Å². The first-order chi connectivity index (χ1) is 24.3. The van der Waals surface area contributed by atoms with E-state index in [1.165, 1.54) is 21.8 Å². The van der Waals surface area contributed by atoms with Crippen LogP contribution < -0.4 is 0 Å². The zero-order valence-electron chi connectivity index (χ0n) is 26.6. The van der Waals surface area contributed by atoms with Crippen LogP contribution in [0.1, 0.15) is 0 Å². The minimum absolute atomic E-state index is 0.628. The third-order valence-electron chi connectivity index (χ3n) is 9.08. The Balaban J connectivity index is 1.20. The molecule has 0 aliphatic heterocycles. The van der Waals surface area contributed by atoms with Crippen LogP contribution in [-0.4, -0.2) is 19.5 Å². The fourth-order valence-electron chi connectivity index (χ4n) is 6.71. The lowest BCUT2D eigenvalue weighted by Gasteiger charge is -2.14. The molecule has 0 spiro atoms. The second-order valence-corrected chi connectivity index (χ2v) is 12.1. The Labute approximate surface area is 284 Å². The van der Waals surface area contributed by atoms with Gasteiger partial charge in [-0.15, -0.1) is 0 Å². The molecule has 4 heteroatoms. The molecular weight excluding hydrogens is 597 g/mol. The minimum Gasteiger partial charge on any atom is -0.309 e. The maximum atomic E-state index is 5.15. The zero-order chi connectivity index (χ0) is 32.6. The molecule has 7 aromatic carbocycles. The summed E-state index contributed by atoms with van der Waals surface area (Å²) in [6, 6.07) is 63.3. The summed E-state index contributed by atoms with van der Waals surface area (Å²) < 4.78 is 2.32. The van der Waals surface area contributed by atoms with Gasteiger partial charge in [-0.25, -0.2) is 15.0 Å². The Morgan fingerprint density at radius 2 is 0.755 bits per heavy atom. The van der Waals surface area contributed by atoms with E-state index in [9.17, 15) is 0 Å². The van der Waals surface area contributed by atoms with E-state index < -0.39 is 0 Å². The van der Waals surface area contributed by atoms with Crippen LogP contribution in [-0.2, 0) is 0 Å². The lowest BCUT2D eigenvalue weighted by atomic mass is 9.94. The highest BCUT2D eigenvalue weighted by atomic mass is 15.0. The van der Waals surface area contributed by atoms with E-state index in [2.05, 4.69) is 144 Å². The normalized spacial score (nSPS) is 11.3. The predicted molar refractivity (Wildman–Crippen MR) is 201 cm³/mol. The molecule has 0 amide bonds. The molecule has 0 fully saturated rings. The molecule has 0 saturated heterocycles. The highest BCUT2D eigenvalue weighted by Gasteiger charge is 2.17. The summed E-state index contributed by atoms with van der Waals surface area (Å²) in [6.45, 7) is 0. The van der Waals surface area contributed by atoms with Crippen LogP contribution in [0.4, 0.5) is 0 Å². The zero-order valence-corrected chi connectivity index (χ0v) is 26.6. The molecule has 0 unspecified atom stereocenters. The first kappa shape index (κ1) is 28.6. The van der Waals surface area contributed by atoms with Gasteiger partial charge in [-0.3, -0.25) is 0 Å². The van der Waals surface area contributed by atoms with Gasteiger partial charge in [0.2, 0.25) is 0 Å². The predicted octanol–water partition coefficient (Wildman–Crippen LogP) is 11.3. The maximum absolute atomic E-state index is 5.15. The van der Waals surface area contributed by atoms with Gasteiger partial charge in [-0.1, -0.05) is 133 Å². The second-order valence-electron chi connectivity index (χ2n) is 12.1. The summed E-state index contributed by atoms with van der Waals surface area (Å²) in [5.74, 6) is 1.90. The van der Waals surface area contributed by atoms with Crippen molar-refractivity contribution in [1.29, 1.82) is 0 Å². The van der Waals surface area contributed by atoms with Gasteiger partial charge >= 0.3 is 0 Å². The Morgan fingerprint density at radius 3 is 1.35 bits per heavy atom. The molecule has 9 rings (SSSR count). The number of rotatable bonds is 6. The van der Waals surface area contributed by atoms with Gasteiger partial charge in [0.25, 0.3) is 0 Å². The van der Waals surface area contributed by atoms with Crippen LogP contribution in [0.5, 0.6) is 0 Å². The van der Waals surface area contributed by atoms with E-state index in [-0.39, 0.29) is 0 Å². The number of nitrogens with zero attached hydrogens (tertiary/aromatic N) is 4. The number of fused-ring (bicyclic) bond motifs is 3. The largest absolute Gasteiger partial charge is 0.309 e. The summed E-state index contributed by atoms with van der Waals surface area (Å²) >= 11 is 0. The lowest BCUT2D eigenvalue weighted by molar-refractivity contribution is 1.07. The molecule has 0 saturated carbocycles. The van der Waals surface area contributed by atoms with Gasteiger partial charge in [0.15, 0.2) is 17.5 Å². The van der Waals surface area contributed by atoms with Gasteiger partial charge in [0.1, 0.15) is 0 Å². The number of para-hydroxylation sites is 2. The Hall–Kier alpha value is -6.65.